The topological polar surface area (TPSA) is 42.4 Å². The Hall–Kier alpha value is -1.78. The minimum atomic E-state index is 0.113. The van der Waals surface area contributed by atoms with E-state index in [2.05, 4.69) is 9.88 Å². The van der Waals surface area contributed by atoms with E-state index in [1.807, 2.05) is 30.3 Å². The molecule has 1 aliphatic rings. The van der Waals surface area contributed by atoms with Crippen LogP contribution in [0.1, 0.15) is 16.9 Å². The number of carbonyl (C=O) groups is 1. The Labute approximate surface area is 118 Å². The fraction of sp³-hybridized carbons (Fsp3) is 0.375. The summed E-state index contributed by atoms with van der Waals surface area (Å²) >= 11 is 0. The third-order valence-electron chi connectivity index (χ3n) is 3.68. The first-order valence-electron chi connectivity index (χ1n) is 7.01. The van der Waals surface area contributed by atoms with Gasteiger partial charge in [-0.25, -0.2) is 0 Å². The average Bonchev–Trinajstić information content (AvgIpc) is 2.53. The van der Waals surface area contributed by atoms with Crippen molar-refractivity contribution in [2.45, 2.75) is 6.42 Å². The number of carbonyl (C=O) groups excluding carboxylic acids is 1. The van der Waals surface area contributed by atoms with Crippen molar-refractivity contribution in [1.82, 2.24) is 9.88 Å². The molecule has 0 bridgehead atoms. The molecule has 3 rings (SSSR count). The summed E-state index contributed by atoms with van der Waals surface area (Å²) in [6, 6.07) is 9.85. The predicted molar refractivity (Wildman–Crippen MR) is 77.9 cm³/mol. The molecule has 0 unspecified atom stereocenters. The SMILES string of the molecule is O=C(CCN1CCOCC1)c1cc2ccccc2cn1. The van der Waals surface area contributed by atoms with Gasteiger partial charge in [0, 0.05) is 37.6 Å². The molecule has 0 aliphatic carbocycles. The van der Waals surface area contributed by atoms with Gasteiger partial charge in [-0.1, -0.05) is 24.3 Å². The minimum Gasteiger partial charge on any atom is -0.379 e. The van der Waals surface area contributed by atoms with Gasteiger partial charge in [0.15, 0.2) is 5.78 Å². The molecule has 4 heteroatoms. The number of rotatable bonds is 4. The second-order valence-electron chi connectivity index (χ2n) is 5.04. The first kappa shape index (κ1) is 13.2. The summed E-state index contributed by atoms with van der Waals surface area (Å²) in [5.74, 6) is 0.113. The maximum absolute atomic E-state index is 12.2. The Kier molecular flexibility index (Phi) is 4.04. The van der Waals surface area contributed by atoms with Crippen LogP contribution in [-0.2, 0) is 4.74 Å². The van der Waals surface area contributed by atoms with Gasteiger partial charge in [0.2, 0.25) is 0 Å². The molecule has 4 nitrogen and oxygen atoms in total. The van der Waals surface area contributed by atoms with E-state index in [0.29, 0.717) is 12.1 Å². The van der Waals surface area contributed by atoms with E-state index in [0.717, 1.165) is 43.6 Å². The molecular formula is C16H18N2O2. The van der Waals surface area contributed by atoms with Gasteiger partial charge < -0.3 is 4.74 Å². The second kappa shape index (κ2) is 6.11. The van der Waals surface area contributed by atoms with Gasteiger partial charge in [0.25, 0.3) is 0 Å². The Balaban J connectivity index is 1.65. The van der Waals surface area contributed by atoms with E-state index in [-0.39, 0.29) is 5.78 Å². The molecule has 0 radical (unpaired) electrons. The zero-order chi connectivity index (χ0) is 13.8. The molecule has 2 aromatic rings. The number of hydrogen-bond donors (Lipinski definition) is 0. The lowest BCUT2D eigenvalue weighted by Crippen LogP contribution is -2.37. The van der Waals surface area contributed by atoms with E-state index in [1.54, 1.807) is 6.20 Å². The molecule has 104 valence electrons. The van der Waals surface area contributed by atoms with Crippen molar-refractivity contribution in [1.29, 1.82) is 0 Å². The smallest absolute Gasteiger partial charge is 0.182 e. The van der Waals surface area contributed by atoms with Crippen molar-refractivity contribution in [3.63, 3.8) is 0 Å². The average molecular weight is 270 g/mol. The zero-order valence-corrected chi connectivity index (χ0v) is 11.4. The summed E-state index contributed by atoms with van der Waals surface area (Å²) in [5.41, 5.74) is 0.567. The van der Waals surface area contributed by atoms with Gasteiger partial charge in [-0.2, -0.15) is 0 Å². The number of Topliss-reactive ketones (excluding diaryl/α,β-unsaturated/α-hetero) is 1. The van der Waals surface area contributed by atoms with Crippen molar-refractivity contribution in [3.8, 4) is 0 Å². The van der Waals surface area contributed by atoms with Crippen molar-refractivity contribution in [2.24, 2.45) is 0 Å². The van der Waals surface area contributed by atoms with E-state index < -0.39 is 0 Å². The maximum Gasteiger partial charge on any atom is 0.182 e. The minimum absolute atomic E-state index is 0.113. The summed E-state index contributed by atoms with van der Waals surface area (Å²) in [4.78, 5) is 18.8. The van der Waals surface area contributed by atoms with Crippen molar-refractivity contribution in [3.05, 3.63) is 42.2 Å². The van der Waals surface area contributed by atoms with Gasteiger partial charge in [-0.3, -0.25) is 14.7 Å². The maximum atomic E-state index is 12.2. The number of ether oxygens (including phenoxy) is 1. The van der Waals surface area contributed by atoms with Crippen LogP contribution in [0, 0.1) is 0 Å². The molecule has 1 aliphatic heterocycles. The molecule has 0 N–H and O–H groups in total. The second-order valence-corrected chi connectivity index (χ2v) is 5.04. The van der Waals surface area contributed by atoms with Crippen LogP contribution in [0.15, 0.2) is 36.5 Å². The zero-order valence-electron chi connectivity index (χ0n) is 11.4. The van der Waals surface area contributed by atoms with Gasteiger partial charge >= 0.3 is 0 Å². The number of hydrogen-bond acceptors (Lipinski definition) is 4. The summed E-state index contributed by atoms with van der Waals surface area (Å²) in [6.45, 7) is 4.15. The van der Waals surface area contributed by atoms with Gasteiger partial charge in [-0.05, 0) is 11.5 Å². The van der Waals surface area contributed by atoms with Gasteiger partial charge in [0.05, 0.1) is 13.2 Å². The molecule has 1 aromatic carbocycles. The van der Waals surface area contributed by atoms with Crippen molar-refractivity contribution >= 4 is 16.6 Å². The lowest BCUT2D eigenvalue weighted by molar-refractivity contribution is 0.0369. The molecule has 20 heavy (non-hydrogen) atoms. The molecule has 0 saturated carbocycles. The van der Waals surface area contributed by atoms with E-state index in [4.69, 9.17) is 4.74 Å². The molecule has 0 amide bonds. The Morgan fingerprint density at radius 3 is 2.75 bits per heavy atom. The molecule has 0 atom stereocenters. The predicted octanol–water partition coefficient (Wildman–Crippen LogP) is 2.14. The molecule has 2 heterocycles. The van der Waals surface area contributed by atoms with Crippen molar-refractivity contribution in [2.75, 3.05) is 32.8 Å². The number of nitrogens with zero attached hydrogens (tertiary/aromatic N) is 2. The lowest BCUT2D eigenvalue weighted by Gasteiger charge is -2.26. The fourth-order valence-corrected chi connectivity index (χ4v) is 2.45. The van der Waals surface area contributed by atoms with E-state index in [1.165, 1.54) is 0 Å². The van der Waals surface area contributed by atoms with Crippen molar-refractivity contribution < 1.29 is 9.53 Å². The van der Waals surface area contributed by atoms with E-state index in [9.17, 15) is 4.79 Å². The monoisotopic (exact) mass is 270 g/mol. The highest BCUT2D eigenvalue weighted by molar-refractivity contribution is 5.97. The molecule has 1 aromatic heterocycles. The standard InChI is InChI=1S/C16H18N2O2/c19-16(5-6-18-7-9-20-10-8-18)15-11-13-3-1-2-4-14(13)12-17-15/h1-4,11-12H,5-10H2. The van der Waals surface area contributed by atoms with Crippen LogP contribution in [-0.4, -0.2) is 48.5 Å². The van der Waals surface area contributed by atoms with Crippen LogP contribution in [0.2, 0.25) is 0 Å². The molecule has 1 saturated heterocycles. The summed E-state index contributed by atoms with van der Waals surface area (Å²) < 4.78 is 5.30. The Morgan fingerprint density at radius 2 is 1.95 bits per heavy atom. The third kappa shape index (κ3) is 3.03. The van der Waals surface area contributed by atoms with Crippen LogP contribution in [0.25, 0.3) is 10.8 Å². The number of fused-ring (bicyclic) bond motifs is 1. The van der Waals surface area contributed by atoms with Gasteiger partial charge in [-0.15, -0.1) is 0 Å². The van der Waals surface area contributed by atoms with Crippen LogP contribution in [0.3, 0.4) is 0 Å². The summed E-state index contributed by atoms with van der Waals surface area (Å²) in [7, 11) is 0. The van der Waals surface area contributed by atoms with Crippen LogP contribution in [0.4, 0.5) is 0 Å². The molecular weight excluding hydrogens is 252 g/mol. The highest BCUT2D eigenvalue weighted by Gasteiger charge is 2.14. The third-order valence-corrected chi connectivity index (χ3v) is 3.68. The van der Waals surface area contributed by atoms with Crippen LogP contribution < -0.4 is 0 Å². The molecule has 1 fully saturated rings. The Morgan fingerprint density at radius 1 is 1.20 bits per heavy atom. The number of morpholine rings is 1. The lowest BCUT2D eigenvalue weighted by atomic mass is 10.1. The number of pyridine rings is 1. The highest BCUT2D eigenvalue weighted by Crippen LogP contribution is 2.14. The van der Waals surface area contributed by atoms with Crippen LogP contribution >= 0.6 is 0 Å². The highest BCUT2D eigenvalue weighted by atomic mass is 16.5. The summed E-state index contributed by atoms with van der Waals surface area (Å²) in [6.07, 6.45) is 2.29. The fourth-order valence-electron chi connectivity index (χ4n) is 2.45. The van der Waals surface area contributed by atoms with E-state index >= 15 is 0 Å². The van der Waals surface area contributed by atoms with Gasteiger partial charge in [0.1, 0.15) is 5.69 Å². The largest absolute Gasteiger partial charge is 0.379 e. The first-order valence-corrected chi connectivity index (χ1v) is 7.01. The first-order chi connectivity index (χ1) is 9.83. The number of ketones is 1. The Bertz CT molecular complexity index is 606. The number of benzene rings is 1. The normalized spacial score (nSPS) is 16.4. The molecule has 0 spiro atoms. The quantitative estimate of drug-likeness (QED) is 0.798. The number of aromatic nitrogens is 1. The van der Waals surface area contributed by atoms with Crippen LogP contribution in [0.5, 0.6) is 0 Å². The summed E-state index contributed by atoms with van der Waals surface area (Å²) in [5, 5.41) is 2.13.